The number of nitrogens with zero attached hydrogens (tertiary/aromatic N) is 2. The molecule has 0 bridgehead atoms. The molecular weight excluding hydrogens is 340 g/mol. The van der Waals surface area contributed by atoms with Gasteiger partial charge >= 0.3 is 6.03 Å². The van der Waals surface area contributed by atoms with Crippen molar-refractivity contribution >= 4 is 34.9 Å². The Morgan fingerprint density at radius 2 is 1.72 bits per heavy atom. The van der Waals surface area contributed by atoms with E-state index >= 15 is 0 Å². The SMILES string of the molecule is CCNC(=O)N1CCN(c2ccc(NC(=O)C(C)(C)CCl)cc2)CC1. The fourth-order valence-electron chi connectivity index (χ4n) is 2.55. The van der Waals surface area contributed by atoms with E-state index in [-0.39, 0.29) is 17.8 Å². The van der Waals surface area contributed by atoms with Crippen molar-refractivity contribution in [2.45, 2.75) is 20.8 Å². The first-order chi connectivity index (χ1) is 11.9. The zero-order valence-corrected chi connectivity index (χ0v) is 15.9. The number of hydrogen-bond donors (Lipinski definition) is 2. The summed E-state index contributed by atoms with van der Waals surface area (Å²) in [5.74, 6) is 0.179. The molecule has 1 aliphatic heterocycles. The summed E-state index contributed by atoms with van der Waals surface area (Å²) in [5, 5.41) is 5.73. The Bertz CT molecular complexity index is 596. The highest BCUT2D eigenvalue weighted by molar-refractivity contribution is 6.20. The maximum atomic E-state index is 12.2. The van der Waals surface area contributed by atoms with E-state index in [4.69, 9.17) is 11.6 Å². The van der Waals surface area contributed by atoms with Gasteiger partial charge in [-0.1, -0.05) is 0 Å². The Morgan fingerprint density at radius 3 is 2.24 bits per heavy atom. The Morgan fingerprint density at radius 1 is 1.12 bits per heavy atom. The maximum Gasteiger partial charge on any atom is 0.317 e. The van der Waals surface area contributed by atoms with Crippen LogP contribution < -0.4 is 15.5 Å². The number of urea groups is 1. The smallest absolute Gasteiger partial charge is 0.317 e. The number of piperazine rings is 1. The van der Waals surface area contributed by atoms with Gasteiger partial charge in [-0.3, -0.25) is 4.79 Å². The van der Waals surface area contributed by atoms with Gasteiger partial charge in [-0.25, -0.2) is 4.79 Å². The summed E-state index contributed by atoms with van der Waals surface area (Å²) in [6, 6.07) is 7.78. The fourth-order valence-corrected chi connectivity index (χ4v) is 2.67. The molecular formula is C18H27ClN4O2. The topological polar surface area (TPSA) is 64.7 Å². The van der Waals surface area contributed by atoms with Crippen LogP contribution in [0.25, 0.3) is 0 Å². The number of alkyl halides is 1. The first-order valence-corrected chi connectivity index (χ1v) is 9.16. The van der Waals surface area contributed by atoms with Gasteiger partial charge < -0.3 is 20.4 Å². The molecule has 138 valence electrons. The molecule has 1 heterocycles. The number of amides is 3. The van der Waals surface area contributed by atoms with Crippen LogP contribution in [-0.4, -0.2) is 55.4 Å². The van der Waals surface area contributed by atoms with Crippen LogP contribution in [0.3, 0.4) is 0 Å². The lowest BCUT2D eigenvalue weighted by Gasteiger charge is -2.36. The second-order valence-electron chi connectivity index (χ2n) is 6.83. The van der Waals surface area contributed by atoms with Gasteiger partial charge in [-0.2, -0.15) is 0 Å². The molecule has 3 amide bonds. The Labute approximate surface area is 154 Å². The predicted molar refractivity (Wildman–Crippen MR) is 102 cm³/mol. The number of benzene rings is 1. The molecule has 0 radical (unpaired) electrons. The highest BCUT2D eigenvalue weighted by atomic mass is 35.5. The standard InChI is InChI=1S/C18H27ClN4O2/c1-4-20-17(25)23-11-9-22(10-12-23)15-7-5-14(6-8-15)21-16(24)18(2,3)13-19/h5-8H,4,9-13H2,1-3H3,(H,20,25)(H,21,24). The molecule has 0 aromatic heterocycles. The second-order valence-corrected chi connectivity index (χ2v) is 7.10. The van der Waals surface area contributed by atoms with Crippen LogP contribution in [0, 0.1) is 5.41 Å². The van der Waals surface area contributed by atoms with Gasteiger partial charge in [0.25, 0.3) is 0 Å². The van der Waals surface area contributed by atoms with Crippen molar-refractivity contribution in [2.75, 3.05) is 48.8 Å². The minimum Gasteiger partial charge on any atom is -0.368 e. The summed E-state index contributed by atoms with van der Waals surface area (Å²) in [6.45, 7) is 9.19. The van der Waals surface area contributed by atoms with Gasteiger partial charge in [-0.05, 0) is 45.0 Å². The molecule has 7 heteroatoms. The van der Waals surface area contributed by atoms with Crippen LogP contribution in [0.2, 0.25) is 0 Å². The largest absolute Gasteiger partial charge is 0.368 e. The Kier molecular flexibility index (Phi) is 6.53. The van der Waals surface area contributed by atoms with Crippen molar-refractivity contribution in [3.05, 3.63) is 24.3 Å². The van der Waals surface area contributed by atoms with Crippen LogP contribution in [0.15, 0.2) is 24.3 Å². The number of carbonyl (C=O) groups is 2. The zero-order valence-electron chi connectivity index (χ0n) is 15.1. The van der Waals surface area contributed by atoms with Crippen molar-refractivity contribution < 1.29 is 9.59 Å². The van der Waals surface area contributed by atoms with E-state index in [2.05, 4.69) is 15.5 Å². The maximum absolute atomic E-state index is 12.2. The molecule has 2 N–H and O–H groups in total. The summed E-state index contributed by atoms with van der Waals surface area (Å²) in [7, 11) is 0. The van der Waals surface area contributed by atoms with Crippen molar-refractivity contribution in [2.24, 2.45) is 5.41 Å². The zero-order chi connectivity index (χ0) is 18.4. The Balaban J connectivity index is 1.91. The molecule has 0 atom stereocenters. The predicted octanol–water partition coefficient (Wildman–Crippen LogP) is 2.74. The van der Waals surface area contributed by atoms with Crippen molar-refractivity contribution in [1.29, 1.82) is 0 Å². The summed E-state index contributed by atoms with van der Waals surface area (Å²) >= 11 is 5.83. The second kappa shape index (κ2) is 8.43. The fraction of sp³-hybridized carbons (Fsp3) is 0.556. The molecule has 1 saturated heterocycles. The van der Waals surface area contributed by atoms with Gasteiger partial charge in [0.05, 0.1) is 5.41 Å². The van der Waals surface area contributed by atoms with Gasteiger partial charge in [0, 0.05) is 50.0 Å². The lowest BCUT2D eigenvalue weighted by Crippen LogP contribution is -2.51. The molecule has 1 fully saturated rings. The van der Waals surface area contributed by atoms with Crippen LogP contribution in [0.5, 0.6) is 0 Å². The molecule has 0 unspecified atom stereocenters. The van der Waals surface area contributed by atoms with Gasteiger partial charge in [0.2, 0.25) is 5.91 Å². The molecule has 0 aliphatic carbocycles. The molecule has 2 rings (SSSR count). The number of anilines is 2. The van der Waals surface area contributed by atoms with Crippen molar-refractivity contribution in [3.8, 4) is 0 Å². The van der Waals surface area contributed by atoms with Gasteiger partial charge in [-0.15, -0.1) is 11.6 Å². The summed E-state index contributed by atoms with van der Waals surface area (Å²) in [6.07, 6.45) is 0. The van der Waals surface area contributed by atoms with Crippen LogP contribution >= 0.6 is 11.6 Å². The van der Waals surface area contributed by atoms with Gasteiger partial charge in [0.15, 0.2) is 0 Å². The molecule has 1 aromatic carbocycles. The summed E-state index contributed by atoms with van der Waals surface area (Å²) in [4.78, 5) is 28.1. The quantitative estimate of drug-likeness (QED) is 0.787. The molecule has 25 heavy (non-hydrogen) atoms. The van der Waals surface area contributed by atoms with E-state index in [1.165, 1.54) is 0 Å². The van der Waals surface area contributed by atoms with E-state index in [9.17, 15) is 9.59 Å². The molecule has 0 saturated carbocycles. The third kappa shape index (κ3) is 5.01. The average Bonchev–Trinajstić information content (AvgIpc) is 2.62. The third-order valence-electron chi connectivity index (χ3n) is 4.33. The highest BCUT2D eigenvalue weighted by Gasteiger charge is 2.26. The van der Waals surface area contributed by atoms with E-state index in [0.717, 1.165) is 24.5 Å². The minimum absolute atomic E-state index is 0.00196. The van der Waals surface area contributed by atoms with Crippen LogP contribution in [0.1, 0.15) is 20.8 Å². The van der Waals surface area contributed by atoms with E-state index in [1.807, 2.05) is 49.9 Å². The van der Waals surface area contributed by atoms with E-state index in [1.54, 1.807) is 0 Å². The van der Waals surface area contributed by atoms with Crippen LogP contribution in [-0.2, 0) is 4.79 Å². The number of carbonyl (C=O) groups excluding carboxylic acids is 2. The summed E-state index contributed by atoms with van der Waals surface area (Å²) in [5.41, 5.74) is 1.24. The van der Waals surface area contributed by atoms with Gasteiger partial charge in [0.1, 0.15) is 0 Å². The number of rotatable bonds is 5. The third-order valence-corrected chi connectivity index (χ3v) is 5.00. The number of halogens is 1. The highest BCUT2D eigenvalue weighted by Crippen LogP contribution is 2.23. The molecule has 1 aromatic rings. The Hall–Kier alpha value is -1.95. The summed E-state index contributed by atoms with van der Waals surface area (Å²) < 4.78 is 0. The lowest BCUT2D eigenvalue weighted by molar-refractivity contribution is -0.122. The molecule has 1 aliphatic rings. The van der Waals surface area contributed by atoms with Crippen LogP contribution in [0.4, 0.5) is 16.2 Å². The van der Waals surface area contributed by atoms with E-state index in [0.29, 0.717) is 19.6 Å². The average molecular weight is 367 g/mol. The number of hydrogen-bond acceptors (Lipinski definition) is 3. The van der Waals surface area contributed by atoms with E-state index < -0.39 is 5.41 Å². The first kappa shape index (κ1) is 19.4. The normalized spacial score (nSPS) is 15.0. The minimum atomic E-state index is -0.602. The monoisotopic (exact) mass is 366 g/mol. The number of nitrogens with one attached hydrogen (secondary N) is 2. The lowest BCUT2D eigenvalue weighted by atomic mass is 9.95. The first-order valence-electron chi connectivity index (χ1n) is 8.62. The molecule has 0 spiro atoms. The van der Waals surface area contributed by atoms with Crippen molar-refractivity contribution in [1.82, 2.24) is 10.2 Å². The van der Waals surface area contributed by atoms with Crippen molar-refractivity contribution in [3.63, 3.8) is 0 Å². The molecule has 6 nitrogen and oxygen atoms in total.